The molecule has 1 aromatic carbocycles. The van der Waals surface area contributed by atoms with E-state index in [-0.39, 0.29) is 12.5 Å². The Balaban J connectivity index is 1.83. The van der Waals surface area contributed by atoms with Gasteiger partial charge in [-0.05, 0) is 32.0 Å². The molecule has 0 saturated carbocycles. The number of urea groups is 1. The molecule has 1 aromatic heterocycles. The van der Waals surface area contributed by atoms with Crippen molar-refractivity contribution in [2.24, 2.45) is 0 Å². The van der Waals surface area contributed by atoms with Gasteiger partial charge in [0.05, 0.1) is 12.2 Å². The van der Waals surface area contributed by atoms with Crippen molar-refractivity contribution in [1.82, 2.24) is 20.0 Å². The second kappa shape index (κ2) is 4.94. The number of hydrogen-bond acceptors (Lipinski definition) is 3. The predicted octanol–water partition coefficient (Wildman–Crippen LogP) is 1.84. The number of rotatable bonds is 3. The van der Waals surface area contributed by atoms with Crippen LogP contribution in [-0.2, 0) is 11.3 Å². The van der Waals surface area contributed by atoms with Crippen LogP contribution in [0.25, 0.3) is 5.69 Å². The summed E-state index contributed by atoms with van der Waals surface area (Å²) in [7, 11) is 0. The van der Waals surface area contributed by atoms with E-state index < -0.39 is 17.4 Å². The molecular weight excluding hydrogens is 287 g/mol. The number of hydrogen-bond donors (Lipinski definition) is 1. The number of para-hydroxylation sites is 1. The summed E-state index contributed by atoms with van der Waals surface area (Å²) in [5.74, 6) is -0.703. The summed E-state index contributed by atoms with van der Waals surface area (Å²) in [6.45, 7) is 3.34. The van der Waals surface area contributed by atoms with Crippen LogP contribution in [0.2, 0.25) is 0 Å². The molecule has 0 atom stereocenters. The zero-order valence-electron chi connectivity index (χ0n) is 12.2. The Hall–Kier alpha value is -2.70. The first-order valence-corrected chi connectivity index (χ1v) is 6.82. The maximum absolute atomic E-state index is 13.7. The van der Waals surface area contributed by atoms with Crippen molar-refractivity contribution in [3.8, 4) is 5.69 Å². The molecule has 0 aliphatic carbocycles. The molecule has 1 fully saturated rings. The number of nitrogens with zero attached hydrogens (tertiary/aromatic N) is 3. The minimum Gasteiger partial charge on any atom is -0.324 e. The van der Waals surface area contributed by atoms with E-state index in [4.69, 9.17) is 0 Å². The summed E-state index contributed by atoms with van der Waals surface area (Å²) in [5, 5.41) is 6.83. The molecule has 6 nitrogen and oxygen atoms in total. The van der Waals surface area contributed by atoms with Crippen molar-refractivity contribution in [1.29, 1.82) is 0 Å². The van der Waals surface area contributed by atoms with E-state index >= 15 is 0 Å². The van der Waals surface area contributed by atoms with Gasteiger partial charge >= 0.3 is 6.03 Å². The molecule has 2 heterocycles. The van der Waals surface area contributed by atoms with Crippen LogP contribution in [0.15, 0.2) is 36.5 Å². The lowest BCUT2D eigenvalue weighted by Crippen LogP contribution is -2.40. The van der Waals surface area contributed by atoms with Gasteiger partial charge in [0.2, 0.25) is 0 Å². The lowest BCUT2D eigenvalue weighted by atomic mass is 10.1. The van der Waals surface area contributed by atoms with Crippen molar-refractivity contribution < 1.29 is 14.0 Å². The van der Waals surface area contributed by atoms with Crippen LogP contribution in [-0.4, -0.2) is 32.2 Å². The molecule has 3 amide bonds. The smallest absolute Gasteiger partial charge is 0.324 e. The average molecular weight is 302 g/mol. The van der Waals surface area contributed by atoms with Gasteiger partial charge in [-0.3, -0.25) is 9.69 Å². The van der Waals surface area contributed by atoms with Gasteiger partial charge in [0, 0.05) is 6.20 Å². The Bertz CT molecular complexity index is 754. The first-order chi connectivity index (χ1) is 10.4. The minimum atomic E-state index is -0.912. The van der Waals surface area contributed by atoms with Crippen molar-refractivity contribution in [3.63, 3.8) is 0 Å². The second-order valence-electron chi connectivity index (χ2n) is 5.65. The summed E-state index contributed by atoms with van der Waals surface area (Å²) < 4.78 is 15.1. The molecule has 0 radical (unpaired) electrons. The number of amides is 3. The van der Waals surface area contributed by atoms with Crippen molar-refractivity contribution in [2.75, 3.05) is 0 Å². The molecule has 3 rings (SSSR count). The van der Waals surface area contributed by atoms with E-state index in [1.807, 2.05) is 0 Å². The van der Waals surface area contributed by atoms with Crippen LogP contribution in [0.4, 0.5) is 9.18 Å². The molecule has 114 valence electrons. The number of carbonyl (C=O) groups is 2. The highest BCUT2D eigenvalue weighted by Gasteiger charge is 2.44. The third kappa shape index (κ3) is 2.34. The quantitative estimate of drug-likeness (QED) is 0.880. The van der Waals surface area contributed by atoms with Crippen molar-refractivity contribution in [3.05, 3.63) is 48.0 Å². The first-order valence-electron chi connectivity index (χ1n) is 6.82. The van der Waals surface area contributed by atoms with Crippen LogP contribution in [0, 0.1) is 5.82 Å². The van der Waals surface area contributed by atoms with Crippen LogP contribution >= 0.6 is 0 Å². The Kier molecular flexibility index (Phi) is 3.20. The van der Waals surface area contributed by atoms with Crippen molar-refractivity contribution >= 4 is 11.9 Å². The number of imide groups is 1. The van der Waals surface area contributed by atoms with Gasteiger partial charge in [0.1, 0.15) is 17.0 Å². The standard InChI is InChI=1S/C15H15FN4O2/c1-15(2)13(21)19(14(22)17-15)9-10-7-8-20(18-10)12-6-4-3-5-11(12)16/h3-8H,9H2,1-2H3,(H,17,22). The maximum atomic E-state index is 13.7. The average Bonchev–Trinajstić information content (AvgIpc) is 2.98. The fourth-order valence-electron chi connectivity index (χ4n) is 2.34. The molecule has 1 N–H and O–H groups in total. The van der Waals surface area contributed by atoms with Gasteiger partial charge in [0.15, 0.2) is 0 Å². The molecule has 22 heavy (non-hydrogen) atoms. The number of nitrogens with one attached hydrogen (secondary N) is 1. The van der Waals surface area contributed by atoms with Crippen LogP contribution in [0.3, 0.4) is 0 Å². The van der Waals surface area contributed by atoms with E-state index in [9.17, 15) is 14.0 Å². The van der Waals surface area contributed by atoms with E-state index in [0.29, 0.717) is 11.4 Å². The first kappa shape index (κ1) is 14.2. The molecule has 0 bridgehead atoms. The highest BCUT2D eigenvalue weighted by molar-refractivity contribution is 6.06. The summed E-state index contributed by atoms with van der Waals surface area (Å²) in [5.41, 5.74) is -0.0960. The Morgan fingerprint density at radius 2 is 1.95 bits per heavy atom. The lowest BCUT2D eigenvalue weighted by Gasteiger charge is -2.14. The summed E-state index contributed by atoms with van der Waals surface area (Å²) >= 11 is 0. The fraction of sp³-hybridized carbons (Fsp3) is 0.267. The van der Waals surface area contributed by atoms with Gasteiger partial charge in [-0.25, -0.2) is 13.9 Å². The number of benzene rings is 1. The van der Waals surface area contributed by atoms with E-state index in [1.54, 1.807) is 44.3 Å². The highest BCUT2D eigenvalue weighted by Crippen LogP contribution is 2.19. The van der Waals surface area contributed by atoms with Gasteiger partial charge in [-0.1, -0.05) is 12.1 Å². The Morgan fingerprint density at radius 3 is 2.59 bits per heavy atom. The lowest BCUT2D eigenvalue weighted by molar-refractivity contribution is -0.130. The maximum Gasteiger partial charge on any atom is 0.325 e. The molecule has 1 aliphatic heterocycles. The van der Waals surface area contributed by atoms with Crippen LogP contribution in [0.1, 0.15) is 19.5 Å². The summed E-state index contributed by atoms with van der Waals surface area (Å²) in [6, 6.07) is 7.45. The second-order valence-corrected chi connectivity index (χ2v) is 5.65. The third-order valence-electron chi connectivity index (χ3n) is 3.51. The number of carbonyl (C=O) groups excluding carboxylic acids is 2. The van der Waals surface area contributed by atoms with E-state index in [2.05, 4.69) is 10.4 Å². The van der Waals surface area contributed by atoms with Gasteiger partial charge in [-0.2, -0.15) is 5.10 Å². The minimum absolute atomic E-state index is 0.0511. The van der Waals surface area contributed by atoms with Crippen molar-refractivity contribution in [2.45, 2.75) is 25.9 Å². The molecule has 1 saturated heterocycles. The molecule has 1 aliphatic rings. The number of aromatic nitrogens is 2. The highest BCUT2D eigenvalue weighted by atomic mass is 19.1. The molecule has 0 spiro atoms. The van der Waals surface area contributed by atoms with E-state index in [1.165, 1.54) is 10.7 Å². The predicted molar refractivity (Wildman–Crippen MR) is 76.7 cm³/mol. The topological polar surface area (TPSA) is 67.2 Å². The molecular formula is C15H15FN4O2. The SMILES string of the molecule is CC1(C)NC(=O)N(Cc2ccn(-c3ccccc3F)n2)C1=O. The third-order valence-corrected chi connectivity index (χ3v) is 3.51. The van der Waals surface area contributed by atoms with Crippen LogP contribution < -0.4 is 5.32 Å². The van der Waals surface area contributed by atoms with Gasteiger partial charge in [-0.15, -0.1) is 0 Å². The Labute approximate surface area is 126 Å². The van der Waals surface area contributed by atoms with Crippen LogP contribution in [0.5, 0.6) is 0 Å². The molecule has 0 unspecified atom stereocenters. The number of halogens is 1. The van der Waals surface area contributed by atoms with Gasteiger partial charge in [0.25, 0.3) is 5.91 Å². The fourth-order valence-corrected chi connectivity index (χ4v) is 2.34. The molecule has 7 heteroatoms. The molecule has 2 aromatic rings. The normalized spacial score (nSPS) is 17.0. The monoisotopic (exact) mass is 302 g/mol. The largest absolute Gasteiger partial charge is 0.325 e. The summed E-state index contributed by atoms with van der Waals surface area (Å²) in [4.78, 5) is 25.1. The van der Waals surface area contributed by atoms with E-state index in [0.717, 1.165) is 4.90 Å². The zero-order chi connectivity index (χ0) is 15.9. The summed E-state index contributed by atoms with van der Waals surface area (Å²) in [6.07, 6.45) is 1.59. The zero-order valence-corrected chi connectivity index (χ0v) is 12.2. The van der Waals surface area contributed by atoms with Gasteiger partial charge < -0.3 is 5.32 Å². The Morgan fingerprint density at radius 1 is 1.23 bits per heavy atom.